The number of halogens is 1. The number of hydrogen-bond donors (Lipinski definition) is 0. The summed E-state index contributed by atoms with van der Waals surface area (Å²) in [7, 11) is 0. The first-order valence-electron chi connectivity index (χ1n) is 8.89. The molecule has 0 aliphatic heterocycles. The van der Waals surface area contributed by atoms with Gasteiger partial charge < -0.3 is 4.42 Å². The van der Waals surface area contributed by atoms with Crippen LogP contribution in [0.4, 0.5) is 0 Å². The molecule has 1 heterocycles. The van der Waals surface area contributed by atoms with Crippen molar-refractivity contribution in [2.24, 2.45) is 0 Å². The SMILES string of the molecule is CC(C)=CCC/C(C)=C/Cc1c(Br)ccc2oc3ccccc3c(=O)c12. The Morgan fingerprint density at radius 1 is 1.04 bits per heavy atom. The van der Waals surface area contributed by atoms with Crippen LogP contribution in [0.1, 0.15) is 39.2 Å². The molecule has 3 aromatic rings. The standard InChI is InChI=1S/C23H23BrO2/c1-15(2)7-6-8-16(3)11-12-17-19(24)13-14-21-22(17)23(25)18-9-4-5-10-20(18)26-21/h4-5,7,9-11,13-14H,6,8,12H2,1-3H3/b16-11+. The molecule has 1 aromatic heterocycles. The van der Waals surface area contributed by atoms with Crippen molar-refractivity contribution in [3.8, 4) is 0 Å². The van der Waals surface area contributed by atoms with Crippen LogP contribution in [-0.2, 0) is 6.42 Å². The van der Waals surface area contributed by atoms with Crippen LogP contribution < -0.4 is 5.43 Å². The Bertz CT molecular complexity index is 1070. The van der Waals surface area contributed by atoms with E-state index in [-0.39, 0.29) is 5.43 Å². The largest absolute Gasteiger partial charge is 0.456 e. The van der Waals surface area contributed by atoms with Gasteiger partial charge in [0.15, 0.2) is 0 Å². The van der Waals surface area contributed by atoms with Gasteiger partial charge in [0.05, 0.1) is 10.8 Å². The number of allylic oxidation sites excluding steroid dienone is 4. The van der Waals surface area contributed by atoms with Crippen molar-refractivity contribution in [2.75, 3.05) is 0 Å². The van der Waals surface area contributed by atoms with Crippen molar-refractivity contribution in [2.45, 2.75) is 40.0 Å². The third-order valence-corrected chi connectivity index (χ3v) is 5.29. The minimum absolute atomic E-state index is 0.0359. The number of fused-ring (bicyclic) bond motifs is 2. The molecule has 0 aliphatic rings. The van der Waals surface area contributed by atoms with Gasteiger partial charge in [-0.25, -0.2) is 0 Å². The molecule has 3 heteroatoms. The summed E-state index contributed by atoms with van der Waals surface area (Å²) in [5, 5.41) is 1.30. The van der Waals surface area contributed by atoms with Gasteiger partial charge in [0.1, 0.15) is 11.2 Å². The quantitative estimate of drug-likeness (QED) is 0.336. The van der Waals surface area contributed by atoms with Gasteiger partial charge in [0, 0.05) is 4.47 Å². The predicted molar refractivity (Wildman–Crippen MR) is 114 cm³/mol. The van der Waals surface area contributed by atoms with Gasteiger partial charge in [-0.1, -0.05) is 51.4 Å². The Morgan fingerprint density at radius 2 is 1.81 bits per heavy atom. The molecule has 0 radical (unpaired) electrons. The summed E-state index contributed by atoms with van der Waals surface area (Å²) >= 11 is 3.62. The van der Waals surface area contributed by atoms with Crippen molar-refractivity contribution in [3.05, 3.63) is 80.0 Å². The number of para-hydroxylation sites is 1. The molecule has 26 heavy (non-hydrogen) atoms. The molecule has 0 amide bonds. The molecule has 0 spiro atoms. The molecular weight excluding hydrogens is 388 g/mol. The Hall–Kier alpha value is -2.13. The zero-order valence-electron chi connectivity index (χ0n) is 15.4. The summed E-state index contributed by atoms with van der Waals surface area (Å²) in [6.45, 7) is 6.39. The van der Waals surface area contributed by atoms with Gasteiger partial charge in [0.2, 0.25) is 5.43 Å². The highest BCUT2D eigenvalue weighted by Gasteiger charge is 2.13. The Labute approximate surface area is 162 Å². The van der Waals surface area contributed by atoms with Crippen LogP contribution in [0.5, 0.6) is 0 Å². The molecule has 2 nitrogen and oxygen atoms in total. The van der Waals surface area contributed by atoms with Crippen molar-refractivity contribution >= 4 is 37.9 Å². The first kappa shape index (κ1) is 18.7. The van der Waals surface area contributed by atoms with Gasteiger partial charge in [-0.2, -0.15) is 0 Å². The maximum absolute atomic E-state index is 13.0. The Morgan fingerprint density at radius 3 is 2.58 bits per heavy atom. The van der Waals surface area contributed by atoms with E-state index in [2.05, 4.69) is 48.9 Å². The molecule has 0 fully saturated rings. The molecule has 0 saturated carbocycles. The van der Waals surface area contributed by atoms with Gasteiger partial charge in [-0.3, -0.25) is 4.79 Å². The molecule has 0 atom stereocenters. The van der Waals surface area contributed by atoms with E-state index in [1.165, 1.54) is 11.1 Å². The van der Waals surface area contributed by atoms with Crippen LogP contribution >= 0.6 is 15.9 Å². The van der Waals surface area contributed by atoms with Crippen LogP contribution in [0.3, 0.4) is 0 Å². The smallest absolute Gasteiger partial charge is 0.200 e. The molecule has 0 N–H and O–H groups in total. The lowest BCUT2D eigenvalue weighted by Gasteiger charge is -2.08. The Balaban J connectivity index is 2.02. The lowest BCUT2D eigenvalue weighted by Crippen LogP contribution is -2.05. The summed E-state index contributed by atoms with van der Waals surface area (Å²) in [5.41, 5.74) is 4.97. The van der Waals surface area contributed by atoms with Crippen LogP contribution in [-0.4, -0.2) is 0 Å². The summed E-state index contributed by atoms with van der Waals surface area (Å²) in [6.07, 6.45) is 7.26. The van der Waals surface area contributed by atoms with Crippen molar-refractivity contribution < 1.29 is 4.42 Å². The van der Waals surface area contributed by atoms with Crippen molar-refractivity contribution in [1.82, 2.24) is 0 Å². The lowest BCUT2D eigenvalue weighted by atomic mass is 10.0. The fourth-order valence-corrected chi connectivity index (χ4v) is 3.59. The highest BCUT2D eigenvalue weighted by molar-refractivity contribution is 9.10. The third-order valence-electron chi connectivity index (χ3n) is 4.54. The second kappa shape index (κ2) is 8.05. The van der Waals surface area contributed by atoms with E-state index in [1.54, 1.807) is 0 Å². The second-order valence-corrected chi connectivity index (χ2v) is 7.76. The van der Waals surface area contributed by atoms with Gasteiger partial charge in [0.25, 0.3) is 0 Å². The molecule has 0 saturated heterocycles. The van der Waals surface area contributed by atoms with E-state index >= 15 is 0 Å². The normalized spacial score (nSPS) is 11.9. The highest BCUT2D eigenvalue weighted by Crippen LogP contribution is 2.28. The summed E-state index contributed by atoms with van der Waals surface area (Å²) in [6, 6.07) is 11.2. The lowest BCUT2D eigenvalue weighted by molar-refractivity contribution is 0.659. The van der Waals surface area contributed by atoms with E-state index < -0.39 is 0 Å². The van der Waals surface area contributed by atoms with E-state index in [1.807, 2.05) is 36.4 Å². The fourth-order valence-electron chi connectivity index (χ4n) is 3.10. The minimum atomic E-state index is 0.0359. The molecule has 134 valence electrons. The number of hydrogen-bond acceptors (Lipinski definition) is 2. The summed E-state index contributed by atoms with van der Waals surface area (Å²) < 4.78 is 6.92. The molecular formula is C23H23BrO2. The van der Waals surface area contributed by atoms with Crippen LogP contribution in [0.25, 0.3) is 21.9 Å². The van der Waals surface area contributed by atoms with Crippen LogP contribution in [0.15, 0.2) is 73.4 Å². The number of benzene rings is 2. The van der Waals surface area contributed by atoms with E-state index in [9.17, 15) is 4.79 Å². The topological polar surface area (TPSA) is 30.2 Å². The summed E-state index contributed by atoms with van der Waals surface area (Å²) in [5.74, 6) is 0. The molecule has 3 rings (SSSR count). The predicted octanol–water partition coefficient (Wildman–Crippen LogP) is 6.94. The third kappa shape index (κ3) is 3.99. The first-order chi connectivity index (χ1) is 12.5. The zero-order valence-corrected chi connectivity index (χ0v) is 17.0. The van der Waals surface area contributed by atoms with Crippen molar-refractivity contribution in [3.63, 3.8) is 0 Å². The maximum Gasteiger partial charge on any atom is 0.200 e. The average molecular weight is 411 g/mol. The Kier molecular flexibility index (Phi) is 5.77. The summed E-state index contributed by atoms with van der Waals surface area (Å²) in [4.78, 5) is 13.0. The van der Waals surface area contributed by atoms with E-state index in [4.69, 9.17) is 4.42 Å². The minimum Gasteiger partial charge on any atom is -0.456 e. The monoisotopic (exact) mass is 410 g/mol. The highest BCUT2D eigenvalue weighted by atomic mass is 79.9. The van der Waals surface area contributed by atoms with Crippen LogP contribution in [0, 0.1) is 0 Å². The molecule has 0 aliphatic carbocycles. The zero-order chi connectivity index (χ0) is 18.7. The average Bonchev–Trinajstić information content (AvgIpc) is 2.61. The van der Waals surface area contributed by atoms with Gasteiger partial charge >= 0.3 is 0 Å². The first-order valence-corrected chi connectivity index (χ1v) is 9.68. The fraction of sp³-hybridized carbons (Fsp3) is 0.261. The van der Waals surface area contributed by atoms with Gasteiger partial charge in [-0.15, -0.1) is 0 Å². The van der Waals surface area contributed by atoms with Crippen LogP contribution in [0.2, 0.25) is 0 Å². The molecule has 0 unspecified atom stereocenters. The van der Waals surface area contributed by atoms with E-state index in [0.29, 0.717) is 28.4 Å². The molecule has 2 aromatic carbocycles. The van der Waals surface area contributed by atoms with Gasteiger partial charge in [-0.05, 0) is 69.9 Å². The second-order valence-electron chi connectivity index (χ2n) is 6.90. The molecule has 0 bridgehead atoms. The maximum atomic E-state index is 13.0. The number of rotatable bonds is 5. The van der Waals surface area contributed by atoms with Crippen molar-refractivity contribution in [1.29, 1.82) is 0 Å². The van der Waals surface area contributed by atoms with E-state index in [0.717, 1.165) is 22.9 Å².